The van der Waals surface area contributed by atoms with Gasteiger partial charge < -0.3 is 10.2 Å². The summed E-state index contributed by atoms with van der Waals surface area (Å²) in [5.74, 6) is 0.103. The first-order valence-corrected chi connectivity index (χ1v) is 15.1. The average molecular weight is 576 g/mol. The van der Waals surface area contributed by atoms with Crippen molar-refractivity contribution < 1.29 is 21.6 Å². The van der Waals surface area contributed by atoms with Crippen molar-refractivity contribution in [1.82, 2.24) is 30.8 Å². The van der Waals surface area contributed by atoms with Crippen molar-refractivity contribution in [3.63, 3.8) is 0 Å². The normalized spacial score (nSPS) is 21.0. The largest absolute Gasteiger partial charge is 0.417 e. The highest BCUT2D eigenvalue weighted by Crippen LogP contribution is 2.50. The molecule has 3 aliphatic rings. The van der Waals surface area contributed by atoms with Gasteiger partial charge in [0.25, 0.3) is 0 Å². The Labute approximate surface area is 230 Å². The number of hydrogen-bond donors (Lipinski definition) is 3. The summed E-state index contributed by atoms with van der Waals surface area (Å²) in [5.41, 5.74) is 0.757. The Kier molecular flexibility index (Phi) is 6.96. The molecule has 0 radical (unpaired) electrons. The molecule has 3 fully saturated rings. The number of tetrazole rings is 1. The van der Waals surface area contributed by atoms with Crippen molar-refractivity contribution in [2.45, 2.75) is 61.6 Å². The standard InChI is InChI=1S/C27H32F3N7O2S/c28-27(29,30)22-6-5-21(23(24(22)40(31,38)39)25-33-35-36-34-25)19-3-1-17(2-4-19)18-7-13-37(14-8-18)20-15-26(16-20)9-11-32-12-10-26/h1-6,18,20,32H,7-16H2,(H2,31,38,39)(H,33,34,35,36). The molecule has 0 amide bonds. The van der Waals surface area contributed by atoms with E-state index in [2.05, 4.69) is 30.8 Å². The third-order valence-corrected chi connectivity index (χ3v) is 10.1. The summed E-state index contributed by atoms with van der Waals surface area (Å²) in [6.45, 7) is 4.39. The quantitative estimate of drug-likeness (QED) is 0.421. The maximum absolute atomic E-state index is 13.8. The van der Waals surface area contributed by atoms with E-state index < -0.39 is 26.7 Å². The van der Waals surface area contributed by atoms with E-state index in [1.54, 1.807) is 12.1 Å². The molecule has 3 heterocycles. The SMILES string of the molecule is NS(=O)(=O)c1c(C(F)(F)F)ccc(-c2ccc(C3CCN(C4CC5(CCNCC5)C4)CC3)cc2)c1-c1nn[nH]n1. The molecule has 3 aromatic rings. The van der Waals surface area contributed by atoms with Gasteiger partial charge in [0.05, 0.1) is 11.1 Å². The number of sulfonamides is 1. The predicted octanol–water partition coefficient (Wildman–Crippen LogP) is 3.91. The number of halogens is 3. The molecule has 2 saturated heterocycles. The van der Waals surface area contributed by atoms with E-state index in [-0.39, 0.29) is 17.0 Å². The van der Waals surface area contributed by atoms with E-state index in [0.29, 0.717) is 22.9 Å². The maximum Gasteiger partial charge on any atom is 0.417 e. The molecule has 9 nitrogen and oxygen atoms in total. The number of nitrogens with two attached hydrogens (primary N) is 1. The van der Waals surface area contributed by atoms with E-state index in [1.807, 2.05) is 12.1 Å². The number of benzene rings is 2. The van der Waals surface area contributed by atoms with E-state index in [9.17, 15) is 21.6 Å². The van der Waals surface area contributed by atoms with Crippen molar-refractivity contribution >= 4 is 10.0 Å². The molecule has 2 aliphatic heterocycles. The molecule has 0 atom stereocenters. The Morgan fingerprint density at radius 2 is 1.68 bits per heavy atom. The lowest BCUT2D eigenvalue weighted by molar-refractivity contribution is -0.139. The van der Waals surface area contributed by atoms with Gasteiger partial charge in [-0.3, -0.25) is 0 Å². The summed E-state index contributed by atoms with van der Waals surface area (Å²) in [4.78, 5) is 1.57. The lowest BCUT2D eigenvalue weighted by Gasteiger charge is -2.55. The molecule has 40 heavy (non-hydrogen) atoms. The third kappa shape index (κ3) is 5.15. The summed E-state index contributed by atoms with van der Waals surface area (Å²) in [5, 5.41) is 21.9. The van der Waals surface area contributed by atoms with E-state index in [0.717, 1.165) is 50.7 Å². The van der Waals surface area contributed by atoms with E-state index >= 15 is 0 Å². The molecule has 6 rings (SSSR count). The molecule has 4 N–H and O–H groups in total. The highest BCUT2D eigenvalue weighted by molar-refractivity contribution is 7.89. The predicted molar refractivity (Wildman–Crippen MR) is 143 cm³/mol. The molecular formula is C27H32F3N7O2S. The van der Waals surface area contributed by atoms with Crippen molar-refractivity contribution in [3.8, 4) is 22.5 Å². The molecule has 2 aromatic carbocycles. The summed E-state index contributed by atoms with van der Waals surface area (Å²) in [7, 11) is -4.80. The fourth-order valence-electron chi connectivity index (χ4n) is 6.93. The Hall–Kier alpha value is -2.87. The second-order valence-electron chi connectivity index (χ2n) is 11.4. The number of rotatable bonds is 5. The van der Waals surface area contributed by atoms with E-state index in [1.165, 1.54) is 31.7 Å². The van der Waals surface area contributed by atoms with Crippen LogP contribution in [0.25, 0.3) is 22.5 Å². The fourth-order valence-corrected chi connectivity index (χ4v) is 7.90. The molecule has 13 heteroatoms. The zero-order valence-electron chi connectivity index (χ0n) is 21.9. The molecule has 0 bridgehead atoms. The van der Waals surface area contributed by atoms with Crippen molar-refractivity contribution in [2.75, 3.05) is 26.2 Å². The zero-order chi connectivity index (χ0) is 28.1. The van der Waals surface area contributed by atoms with Crippen LogP contribution in [0.4, 0.5) is 13.2 Å². The van der Waals surface area contributed by atoms with Gasteiger partial charge in [-0.05, 0) is 104 Å². The zero-order valence-corrected chi connectivity index (χ0v) is 22.7. The second-order valence-corrected chi connectivity index (χ2v) is 12.9. The molecule has 1 aliphatic carbocycles. The number of H-pyrrole nitrogens is 1. The number of piperidine rings is 2. The second kappa shape index (κ2) is 10.2. The summed E-state index contributed by atoms with van der Waals surface area (Å²) in [6.07, 6.45) is 2.35. The van der Waals surface area contributed by atoms with Crippen molar-refractivity contribution in [2.24, 2.45) is 10.6 Å². The molecule has 1 aromatic heterocycles. The molecule has 0 unspecified atom stereocenters. The smallest absolute Gasteiger partial charge is 0.317 e. The van der Waals surface area contributed by atoms with Gasteiger partial charge in [0, 0.05) is 6.04 Å². The van der Waals surface area contributed by atoms with Gasteiger partial charge in [-0.2, -0.15) is 18.4 Å². The number of nitrogens with zero attached hydrogens (tertiary/aromatic N) is 4. The van der Waals surface area contributed by atoms with Crippen LogP contribution in [0.2, 0.25) is 0 Å². The number of aromatic amines is 1. The van der Waals surface area contributed by atoms with Gasteiger partial charge in [-0.15, -0.1) is 10.2 Å². The first-order valence-electron chi connectivity index (χ1n) is 13.6. The molecule has 214 valence electrons. The van der Waals surface area contributed by atoms with Crippen LogP contribution in [-0.4, -0.2) is 66.2 Å². The van der Waals surface area contributed by atoms with E-state index in [4.69, 9.17) is 5.14 Å². The van der Waals surface area contributed by atoms with Crippen molar-refractivity contribution in [3.05, 3.63) is 47.5 Å². The number of nitrogens with one attached hydrogen (secondary N) is 2. The Balaban J connectivity index is 1.22. The Morgan fingerprint density at radius 3 is 2.25 bits per heavy atom. The Morgan fingerprint density at radius 1 is 1.00 bits per heavy atom. The minimum absolute atomic E-state index is 0.219. The molecule has 1 saturated carbocycles. The van der Waals surface area contributed by atoms with Crippen LogP contribution in [0.5, 0.6) is 0 Å². The molecule has 1 spiro atoms. The fraction of sp³-hybridized carbons (Fsp3) is 0.519. The van der Waals surface area contributed by atoms with Gasteiger partial charge in [-0.25, -0.2) is 13.6 Å². The van der Waals surface area contributed by atoms with Crippen molar-refractivity contribution in [1.29, 1.82) is 0 Å². The average Bonchev–Trinajstić information content (AvgIpc) is 3.45. The van der Waals surface area contributed by atoms with Gasteiger partial charge in [0.2, 0.25) is 15.8 Å². The lowest BCUT2D eigenvalue weighted by atomic mass is 9.60. The number of primary sulfonamides is 1. The summed E-state index contributed by atoms with van der Waals surface area (Å²) < 4.78 is 66.3. The monoisotopic (exact) mass is 575 g/mol. The minimum Gasteiger partial charge on any atom is -0.317 e. The topological polar surface area (TPSA) is 130 Å². The van der Waals surface area contributed by atoms with Crippen LogP contribution >= 0.6 is 0 Å². The van der Waals surface area contributed by atoms with Crippen LogP contribution < -0.4 is 10.5 Å². The van der Waals surface area contributed by atoms with Gasteiger partial charge in [0.1, 0.15) is 4.90 Å². The molecular weight excluding hydrogens is 543 g/mol. The maximum atomic E-state index is 13.8. The number of aromatic nitrogens is 4. The number of likely N-dealkylation sites (tertiary alicyclic amines) is 1. The Bertz CT molecular complexity index is 1450. The number of hydrogen-bond acceptors (Lipinski definition) is 7. The van der Waals surface area contributed by atoms with Crippen LogP contribution in [0.15, 0.2) is 41.3 Å². The highest BCUT2D eigenvalue weighted by Gasteiger charge is 2.47. The first kappa shape index (κ1) is 27.3. The van der Waals surface area contributed by atoms with Gasteiger partial charge in [-0.1, -0.05) is 30.3 Å². The van der Waals surface area contributed by atoms with Crippen LogP contribution in [-0.2, 0) is 16.2 Å². The summed E-state index contributed by atoms with van der Waals surface area (Å²) in [6, 6.07) is 10.2. The minimum atomic E-state index is -4.95. The first-order chi connectivity index (χ1) is 19.0. The van der Waals surface area contributed by atoms with Gasteiger partial charge >= 0.3 is 6.18 Å². The number of alkyl halides is 3. The summed E-state index contributed by atoms with van der Waals surface area (Å²) >= 11 is 0. The van der Waals surface area contributed by atoms with Gasteiger partial charge in [0.15, 0.2) is 0 Å². The van der Waals surface area contributed by atoms with Crippen LogP contribution in [0, 0.1) is 5.41 Å². The lowest BCUT2D eigenvalue weighted by Crippen LogP contribution is -2.55. The van der Waals surface area contributed by atoms with Crippen LogP contribution in [0.1, 0.15) is 55.6 Å². The highest BCUT2D eigenvalue weighted by atomic mass is 32.2. The third-order valence-electron chi connectivity index (χ3n) is 9.06. The van der Waals surface area contributed by atoms with Crippen LogP contribution in [0.3, 0.4) is 0 Å².